The molecule has 0 saturated carbocycles. The third-order valence-corrected chi connectivity index (χ3v) is 6.38. The number of phenols is 1. The number of thiophene rings is 1. The first kappa shape index (κ1) is 38.0. The van der Waals surface area contributed by atoms with Gasteiger partial charge in [0.25, 0.3) is 0 Å². The summed E-state index contributed by atoms with van der Waals surface area (Å²) in [4.78, 5) is 12.7. The SMILES string of the molecule is C=C(/C=C(\C)NCC(CC)CCCC)c1ccccc1O.CC=O.CN=CC(NC)=C(C)C.Cc1ccsc1. The Labute approximate surface area is 242 Å². The van der Waals surface area contributed by atoms with Crippen molar-refractivity contribution in [3.63, 3.8) is 0 Å². The summed E-state index contributed by atoms with van der Waals surface area (Å²) < 4.78 is 0. The van der Waals surface area contributed by atoms with Crippen molar-refractivity contribution in [1.82, 2.24) is 10.6 Å². The van der Waals surface area contributed by atoms with E-state index in [9.17, 15) is 5.11 Å². The van der Waals surface area contributed by atoms with E-state index >= 15 is 0 Å². The fraction of sp³-hybridized carbons (Fsp3) is 0.455. The largest absolute Gasteiger partial charge is 0.507 e. The fourth-order valence-electron chi connectivity index (χ4n) is 3.29. The minimum atomic E-state index is 0.279. The number of allylic oxidation sites excluding steroid dienone is 5. The molecule has 6 heteroatoms. The van der Waals surface area contributed by atoms with Crippen molar-refractivity contribution in [2.24, 2.45) is 10.9 Å². The number of carbonyl (C=O) groups is 1. The maximum atomic E-state index is 9.84. The van der Waals surface area contributed by atoms with Crippen molar-refractivity contribution in [3.05, 3.63) is 81.8 Å². The summed E-state index contributed by atoms with van der Waals surface area (Å²) in [5.41, 5.74) is 6.43. The van der Waals surface area contributed by atoms with Gasteiger partial charge in [-0.25, -0.2) is 0 Å². The second kappa shape index (κ2) is 25.2. The molecule has 2 aromatic rings. The van der Waals surface area contributed by atoms with Crippen molar-refractivity contribution in [2.75, 3.05) is 20.6 Å². The number of aryl methyl sites for hydroxylation is 1. The van der Waals surface area contributed by atoms with Gasteiger partial charge in [0.2, 0.25) is 0 Å². The van der Waals surface area contributed by atoms with Crippen molar-refractivity contribution in [3.8, 4) is 5.75 Å². The number of benzene rings is 1. The van der Waals surface area contributed by atoms with Crippen molar-refractivity contribution < 1.29 is 9.90 Å². The molecule has 0 spiro atoms. The van der Waals surface area contributed by atoms with E-state index in [1.165, 1.54) is 43.7 Å². The summed E-state index contributed by atoms with van der Waals surface area (Å²) in [7, 11) is 3.66. The van der Waals surface area contributed by atoms with Crippen molar-refractivity contribution in [2.45, 2.75) is 74.1 Å². The molecule has 0 aliphatic carbocycles. The third kappa shape index (κ3) is 20.5. The first-order valence-corrected chi connectivity index (χ1v) is 14.6. The van der Waals surface area contributed by atoms with E-state index in [4.69, 9.17) is 4.79 Å². The normalized spacial score (nSPS) is 10.9. The van der Waals surface area contributed by atoms with E-state index in [-0.39, 0.29) is 5.75 Å². The van der Waals surface area contributed by atoms with Gasteiger partial charge in [-0.05, 0) is 87.1 Å². The quantitative estimate of drug-likeness (QED) is 0.147. The Morgan fingerprint density at radius 3 is 2.21 bits per heavy atom. The Kier molecular flexibility index (Phi) is 24.5. The summed E-state index contributed by atoms with van der Waals surface area (Å²) in [6.07, 6.45) is 9.62. The van der Waals surface area contributed by atoms with Gasteiger partial charge in [-0.15, -0.1) is 0 Å². The van der Waals surface area contributed by atoms with Gasteiger partial charge >= 0.3 is 0 Å². The average molecular weight is 556 g/mol. The minimum Gasteiger partial charge on any atom is -0.507 e. The second-order valence-corrected chi connectivity index (χ2v) is 10.0. The minimum absolute atomic E-state index is 0.279. The maximum Gasteiger partial charge on any atom is 0.123 e. The van der Waals surface area contributed by atoms with E-state index in [1.54, 1.807) is 24.5 Å². The van der Waals surface area contributed by atoms with Gasteiger partial charge in [0.1, 0.15) is 12.0 Å². The van der Waals surface area contributed by atoms with E-state index in [0.717, 1.165) is 41.3 Å². The highest BCUT2D eigenvalue weighted by atomic mass is 32.1. The summed E-state index contributed by atoms with van der Waals surface area (Å²) in [6.45, 7) is 19.2. The molecule has 3 N–H and O–H groups in total. The summed E-state index contributed by atoms with van der Waals surface area (Å²) in [6, 6.07) is 9.41. The lowest BCUT2D eigenvalue weighted by Crippen LogP contribution is -2.21. The molecule has 1 aromatic heterocycles. The van der Waals surface area contributed by atoms with Crippen LogP contribution in [0.4, 0.5) is 0 Å². The van der Waals surface area contributed by atoms with E-state index in [0.29, 0.717) is 0 Å². The smallest absolute Gasteiger partial charge is 0.123 e. The zero-order chi connectivity index (χ0) is 30.1. The molecule has 0 saturated heterocycles. The van der Waals surface area contributed by atoms with Crippen LogP contribution in [0.15, 0.2) is 75.7 Å². The molecule has 0 fully saturated rings. The first-order chi connectivity index (χ1) is 18.6. The molecular formula is C33H53N3O2S. The molecule has 1 aromatic carbocycles. The van der Waals surface area contributed by atoms with Crippen LogP contribution in [0, 0.1) is 12.8 Å². The van der Waals surface area contributed by atoms with Crippen LogP contribution in [-0.4, -0.2) is 38.2 Å². The van der Waals surface area contributed by atoms with Crippen LogP contribution in [0.5, 0.6) is 5.75 Å². The van der Waals surface area contributed by atoms with E-state index in [1.807, 2.05) is 51.4 Å². The first-order valence-electron chi connectivity index (χ1n) is 13.7. The third-order valence-electron chi connectivity index (χ3n) is 5.58. The van der Waals surface area contributed by atoms with Gasteiger partial charge < -0.3 is 20.5 Å². The number of nitrogens with one attached hydrogen (secondary N) is 2. The number of aldehydes is 1. The van der Waals surface area contributed by atoms with Crippen LogP contribution in [-0.2, 0) is 4.79 Å². The topological polar surface area (TPSA) is 73.7 Å². The number of para-hydroxylation sites is 1. The molecule has 1 unspecified atom stereocenters. The molecule has 39 heavy (non-hydrogen) atoms. The molecule has 1 atom stereocenters. The number of nitrogens with zero attached hydrogens (tertiary/aromatic N) is 1. The Morgan fingerprint density at radius 2 is 1.82 bits per heavy atom. The van der Waals surface area contributed by atoms with Gasteiger partial charge in [0.15, 0.2) is 0 Å². The van der Waals surface area contributed by atoms with Crippen LogP contribution >= 0.6 is 11.3 Å². The van der Waals surface area contributed by atoms with Gasteiger partial charge in [-0.1, -0.05) is 63.5 Å². The molecule has 5 nitrogen and oxygen atoms in total. The highest BCUT2D eigenvalue weighted by Crippen LogP contribution is 2.24. The van der Waals surface area contributed by atoms with Crippen molar-refractivity contribution >= 4 is 29.4 Å². The van der Waals surface area contributed by atoms with Gasteiger partial charge in [-0.2, -0.15) is 11.3 Å². The number of rotatable bonds is 11. The molecule has 1 heterocycles. The zero-order valence-corrected chi connectivity index (χ0v) is 26.6. The highest BCUT2D eigenvalue weighted by Gasteiger charge is 2.06. The van der Waals surface area contributed by atoms with E-state index in [2.05, 4.69) is 66.7 Å². The monoisotopic (exact) mass is 555 g/mol. The summed E-state index contributed by atoms with van der Waals surface area (Å²) in [5, 5.41) is 20.6. The lowest BCUT2D eigenvalue weighted by atomic mass is 9.99. The maximum absolute atomic E-state index is 9.84. The number of hydrogen-bond donors (Lipinski definition) is 3. The second-order valence-electron chi connectivity index (χ2n) is 9.25. The van der Waals surface area contributed by atoms with Gasteiger partial charge in [0, 0.05) is 38.1 Å². The van der Waals surface area contributed by atoms with E-state index < -0.39 is 0 Å². The Balaban J connectivity index is 0. The molecule has 218 valence electrons. The molecule has 0 bridgehead atoms. The number of hydrogen-bond acceptors (Lipinski definition) is 6. The molecule has 0 aliphatic heterocycles. The van der Waals surface area contributed by atoms with Crippen molar-refractivity contribution in [1.29, 1.82) is 0 Å². The summed E-state index contributed by atoms with van der Waals surface area (Å²) in [5.74, 6) is 1.01. The van der Waals surface area contributed by atoms with Crippen LogP contribution < -0.4 is 10.6 Å². The Morgan fingerprint density at radius 1 is 1.18 bits per heavy atom. The zero-order valence-electron chi connectivity index (χ0n) is 25.8. The fourth-order valence-corrected chi connectivity index (χ4v) is 3.95. The predicted octanol–water partition coefficient (Wildman–Crippen LogP) is 8.58. The molecule has 2 rings (SSSR count). The lowest BCUT2D eigenvalue weighted by molar-refractivity contribution is -0.106. The Bertz CT molecular complexity index is 988. The van der Waals surface area contributed by atoms with Crippen LogP contribution in [0.2, 0.25) is 0 Å². The highest BCUT2D eigenvalue weighted by molar-refractivity contribution is 7.07. The molecule has 0 aliphatic rings. The lowest BCUT2D eigenvalue weighted by Gasteiger charge is -2.16. The Hall–Kier alpha value is -3.12. The number of carbonyl (C=O) groups excluding carboxylic acids is 1. The number of unbranched alkanes of at least 4 members (excludes halogenated alkanes) is 1. The van der Waals surface area contributed by atoms with Gasteiger partial charge in [0.05, 0.1) is 5.70 Å². The molecule has 0 amide bonds. The van der Waals surface area contributed by atoms with Gasteiger partial charge in [-0.3, -0.25) is 4.99 Å². The summed E-state index contributed by atoms with van der Waals surface area (Å²) >= 11 is 1.74. The molecular weight excluding hydrogens is 502 g/mol. The van der Waals surface area contributed by atoms with Crippen LogP contribution in [0.25, 0.3) is 5.57 Å². The average Bonchev–Trinajstić information content (AvgIpc) is 3.39. The predicted molar refractivity (Wildman–Crippen MR) is 175 cm³/mol. The standard InChI is InChI=1S/C19H29NO.C7H14N2.C5H6S.C2H4O/c1-5-7-10-17(6-2)14-20-16(4)13-15(3)18-11-8-9-12-19(18)21;1-6(2)7(9-4)5-8-3;1-5-2-3-6-4-5;1-2-3/h8-9,11-13,17,20-21H,3,5-7,10,14H2,1-2,4H3;5,9H,1-4H3;2-4H,1H3;2H,1H3/b16-13+;;;. The number of aromatic hydroxyl groups is 1. The van der Waals surface area contributed by atoms with Crippen LogP contribution in [0.1, 0.15) is 78.4 Å². The molecule has 0 radical (unpaired) electrons. The number of phenolic OH excluding ortho intramolecular Hbond substituents is 1. The van der Waals surface area contributed by atoms with Crippen LogP contribution in [0.3, 0.4) is 0 Å². The number of aliphatic imine (C=N–C) groups is 1.